The Morgan fingerprint density at radius 3 is 2.15 bits per heavy atom. The summed E-state index contributed by atoms with van der Waals surface area (Å²) in [4.78, 5) is 39.5. The number of amides is 3. The van der Waals surface area contributed by atoms with Gasteiger partial charge in [0.2, 0.25) is 11.8 Å². The van der Waals surface area contributed by atoms with Crippen molar-refractivity contribution in [2.75, 3.05) is 10.3 Å². The Morgan fingerprint density at radius 1 is 0.963 bits per heavy atom. The average molecular weight is 365 g/mol. The van der Waals surface area contributed by atoms with Crippen molar-refractivity contribution in [3.8, 4) is 0 Å². The Balaban J connectivity index is 1.60. The fourth-order valence-corrected chi connectivity index (χ4v) is 4.21. The number of fused-ring (bicyclic) bond motifs is 1. The van der Waals surface area contributed by atoms with Gasteiger partial charge in [0.1, 0.15) is 0 Å². The molecule has 1 saturated heterocycles. The van der Waals surface area contributed by atoms with Gasteiger partial charge >= 0.3 is 0 Å². The van der Waals surface area contributed by atoms with Crippen LogP contribution in [-0.4, -0.2) is 22.4 Å². The lowest BCUT2D eigenvalue weighted by Crippen LogP contribution is -2.31. The van der Waals surface area contributed by atoms with Gasteiger partial charge in [-0.05, 0) is 57.0 Å². The molecule has 0 bridgehead atoms. The van der Waals surface area contributed by atoms with Crippen LogP contribution in [0.15, 0.2) is 36.4 Å². The molecule has 1 aliphatic carbocycles. The summed E-state index contributed by atoms with van der Waals surface area (Å²) in [5, 5.41) is 0. The van der Waals surface area contributed by atoms with E-state index >= 15 is 0 Å². The summed E-state index contributed by atoms with van der Waals surface area (Å²) in [5.41, 5.74) is 5.59. The number of benzene rings is 1. The molecule has 2 heterocycles. The zero-order chi connectivity index (χ0) is 19.1. The van der Waals surface area contributed by atoms with E-state index in [1.54, 1.807) is 28.9 Å². The Kier molecular flexibility index (Phi) is 4.34. The minimum Gasteiger partial charge on any atom is -0.274 e. The summed E-state index contributed by atoms with van der Waals surface area (Å²) < 4.78 is 1.72. The van der Waals surface area contributed by atoms with Crippen LogP contribution in [0.5, 0.6) is 0 Å². The number of hydrogen-bond donors (Lipinski definition) is 1. The Bertz CT molecular complexity index is 887. The molecule has 1 aromatic carbocycles. The van der Waals surface area contributed by atoms with Crippen molar-refractivity contribution in [3.05, 3.63) is 53.3 Å². The SMILES string of the molecule is Cc1ccc(C)n1NC(=O)c1cccc(N2C(=O)[C@@H]3CCCC[C@H]3C2=O)c1. The van der Waals surface area contributed by atoms with Crippen LogP contribution in [0.3, 0.4) is 0 Å². The normalized spacial score (nSPS) is 22.1. The standard InChI is InChI=1S/C21H23N3O3/c1-13-10-11-14(2)24(13)22-19(25)15-6-5-7-16(12-15)23-20(26)17-8-3-4-9-18(17)21(23)27/h5-7,10-12,17-18H,3-4,8-9H2,1-2H3,(H,22,25)/t17-,18-/m1/s1. The molecule has 0 spiro atoms. The molecule has 1 N–H and O–H groups in total. The minimum atomic E-state index is -0.282. The van der Waals surface area contributed by atoms with Crippen LogP contribution in [0.4, 0.5) is 5.69 Å². The maximum atomic E-state index is 12.8. The molecular formula is C21H23N3O3. The zero-order valence-corrected chi connectivity index (χ0v) is 15.6. The summed E-state index contributed by atoms with van der Waals surface area (Å²) in [6.07, 6.45) is 3.54. The second-order valence-corrected chi connectivity index (χ2v) is 7.45. The summed E-state index contributed by atoms with van der Waals surface area (Å²) in [7, 11) is 0. The van der Waals surface area contributed by atoms with E-state index in [2.05, 4.69) is 5.43 Å². The van der Waals surface area contributed by atoms with Crippen molar-refractivity contribution < 1.29 is 14.4 Å². The van der Waals surface area contributed by atoms with E-state index in [9.17, 15) is 14.4 Å². The highest BCUT2D eigenvalue weighted by atomic mass is 16.2. The summed E-state index contributed by atoms with van der Waals surface area (Å²) in [6, 6.07) is 10.6. The lowest BCUT2D eigenvalue weighted by molar-refractivity contribution is -0.122. The van der Waals surface area contributed by atoms with Gasteiger partial charge in [-0.1, -0.05) is 18.9 Å². The van der Waals surface area contributed by atoms with Crippen LogP contribution in [0.2, 0.25) is 0 Å². The highest BCUT2D eigenvalue weighted by molar-refractivity contribution is 6.22. The number of nitrogens with one attached hydrogen (secondary N) is 1. The van der Waals surface area contributed by atoms with Crippen molar-refractivity contribution in [2.45, 2.75) is 39.5 Å². The molecule has 27 heavy (non-hydrogen) atoms. The van der Waals surface area contributed by atoms with E-state index in [1.165, 1.54) is 4.90 Å². The number of carbonyl (C=O) groups is 3. The lowest BCUT2D eigenvalue weighted by atomic mass is 9.81. The first-order chi connectivity index (χ1) is 13.0. The predicted molar refractivity (Wildman–Crippen MR) is 102 cm³/mol. The van der Waals surface area contributed by atoms with Gasteiger partial charge in [-0.15, -0.1) is 0 Å². The number of rotatable bonds is 3. The molecule has 1 aromatic heterocycles. The van der Waals surface area contributed by atoms with Gasteiger partial charge in [0, 0.05) is 17.0 Å². The number of aromatic nitrogens is 1. The van der Waals surface area contributed by atoms with Gasteiger partial charge in [0.05, 0.1) is 17.5 Å². The van der Waals surface area contributed by atoms with Crippen molar-refractivity contribution in [3.63, 3.8) is 0 Å². The van der Waals surface area contributed by atoms with Gasteiger partial charge in [-0.2, -0.15) is 0 Å². The van der Waals surface area contributed by atoms with Crippen molar-refractivity contribution in [2.24, 2.45) is 11.8 Å². The van der Waals surface area contributed by atoms with Gasteiger partial charge in [0.15, 0.2) is 0 Å². The number of carbonyl (C=O) groups excluding carboxylic acids is 3. The van der Waals surface area contributed by atoms with E-state index in [-0.39, 0.29) is 29.6 Å². The molecule has 2 aliphatic rings. The maximum absolute atomic E-state index is 12.8. The smallest absolute Gasteiger partial charge is 0.270 e. The molecule has 0 radical (unpaired) electrons. The monoisotopic (exact) mass is 365 g/mol. The summed E-state index contributed by atoms with van der Waals surface area (Å²) in [5.74, 6) is -0.933. The number of anilines is 1. The largest absolute Gasteiger partial charge is 0.274 e. The number of hydrogen-bond acceptors (Lipinski definition) is 3. The first-order valence-corrected chi connectivity index (χ1v) is 9.41. The van der Waals surface area contributed by atoms with Gasteiger partial charge < -0.3 is 0 Å². The van der Waals surface area contributed by atoms with Crippen molar-refractivity contribution in [1.82, 2.24) is 4.68 Å². The van der Waals surface area contributed by atoms with Crippen LogP contribution < -0.4 is 10.3 Å². The second kappa shape index (κ2) is 6.68. The third-order valence-electron chi connectivity index (χ3n) is 5.69. The number of aryl methyl sites for hydroxylation is 2. The topological polar surface area (TPSA) is 71.4 Å². The number of nitrogens with zero attached hydrogens (tertiary/aromatic N) is 2. The Morgan fingerprint density at radius 2 is 1.56 bits per heavy atom. The maximum Gasteiger partial charge on any atom is 0.270 e. The first-order valence-electron chi connectivity index (χ1n) is 9.41. The molecular weight excluding hydrogens is 342 g/mol. The Labute approximate surface area is 158 Å². The summed E-state index contributed by atoms with van der Waals surface area (Å²) >= 11 is 0. The predicted octanol–water partition coefficient (Wildman–Crippen LogP) is 3.17. The van der Waals surface area contributed by atoms with E-state index in [1.807, 2.05) is 26.0 Å². The highest BCUT2D eigenvalue weighted by Gasteiger charge is 2.48. The third-order valence-corrected chi connectivity index (χ3v) is 5.69. The van der Waals surface area contributed by atoms with Gasteiger partial charge in [-0.25, -0.2) is 0 Å². The molecule has 3 amide bonds. The zero-order valence-electron chi connectivity index (χ0n) is 15.6. The minimum absolute atomic E-state index is 0.126. The quantitative estimate of drug-likeness (QED) is 0.849. The molecule has 2 fully saturated rings. The molecule has 4 rings (SSSR count). The highest BCUT2D eigenvalue weighted by Crippen LogP contribution is 2.40. The molecule has 1 aliphatic heterocycles. The van der Waals surface area contributed by atoms with Crippen LogP contribution in [0, 0.1) is 25.7 Å². The fraction of sp³-hybridized carbons (Fsp3) is 0.381. The molecule has 0 unspecified atom stereocenters. The molecule has 140 valence electrons. The Hall–Kier alpha value is -2.89. The van der Waals surface area contributed by atoms with Gasteiger partial charge in [0.25, 0.3) is 5.91 Å². The fourth-order valence-electron chi connectivity index (χ4n) is 4.21. The molecule has 1 saturated carbocycles. The first kappa shape index (κ1) is 17.5. The number of imide groups is 1. The van der Waals surface area contributed by atoms with Crippen molar-refractivity contribution >= 4 is 23.4 Å². The van der Waals surface area contributed by atoms with Crippen LogP contribution in [0.25, 0.3) is 0 Å². The molecule has 2 aromatic rings. The van der Waals surface area contributed by atoms with Crippen LogP contribution in [-0.2, 0) is 9.59 Å². The van der Waals surface area contributed by atoms with Crippen molar-refractivity contribution in [1.29, 1.82) is 0 Å². The van der Waals surface area contributed by atoms with E-state index in [0.717, 1.165) is 37.1 Å². The van der Waals surface area contributed by atoms with Gasteiger partial charge in [-0.3, -0.25) is 29.4 Å². The van der Waals surface area contributed by atoms with E-state index in [4.69, 9.17) is 0 Å². The average Bonchev–Trinajstić information content (AvgIpc) is 3.13. The molecule has 2 atom stereocenters. The van der Waals surface area contributed by atoms with E-state index in [0.29, 0.717) is 11.3 Å². The summed E-state index contributed by atoms with van der Waals surface area (Å²) in [6.45, 7) is 3.82. The van der Waals surface area contributed by atoms with Crippen LogP contribution >= 0.6 is 0 Å². The molecule has 6 nitrogen and oxygen atoms in total. The molecule has 6 heteroatoms. The van der Waals surface area contributed by atoms with E-state index < -0.39 is 0 Å². The lowest BCUT2D eigenvalue weighted by Gasteiger charge is -2.19. The third kappa shape index (κ3) is 2.95. The van der Waals surface area contributed by atoms with Crippen LogP contribution in [0.1, 0.15) is 47.4 Å². The second-order valence-electron chi connectivity index (χ2n) is 7.45.